The maximum atomic E-state index is 12.6. The van der Waals surface area contributed by atoms with Crippen LogP contribution in [-0.4, -0.2) is 41.0 Å². The highest BCUT2D eigenvalue weighted by molar-refractivity contribution is 6.35. The molecule has 1 aliphatic rings. The highest BCUT2D eigenvalue weighted by Gasteiger charge is 2.27. The van der Waals surface area contributed by atoms with E-state index >= 15 is 0 Å². The Bertz CT molecular complexity index is 1030. The van der Waals surface area contributed by atoms with E-state index in [1.54, 1.807) is 36.5 Å². The van der Waals surface area contributed by atoms with Crippen LogP contribution in [0.15, 0.2) is 54.7 Å². The number of anilines is 1. The third-order valence-corrected chi connectivity index (χ3v) is 6.06. The molecule has 1 aliphatic heterocycles. The molecule has 1 atom stereocenters. The molecule has 1 saturated heterocycles. The van der Waals surface area contributed by atoms with Gasteiger partial charge in [-0.2, -0.15) is 0 Å². The zero-order chi connectivity index (χ0) is 21.1. The molecule has 0 bridgehead atoms. The molecule has 30 heavy (non-hydrogen) atoms. The van der Waals surface area contributed by atoms with E-state index in [0.29, 0.717) is 10.0 Å². The number of pyridine rings is 1. The summed E-state index contributed by atoms with van der Waals surface area (Å²) in [5, 5.41) is 5.15. The Hall–Kier alpha value is -2.34. The number of rotatable bonds is 5. The van der Waals surface area contributed by atoms with Crippen molar-refractivity contribution in [1.82, 2.24) is 9.88 Å². The summed E-state index contributed by atoms with van der Waals surface area (Å²) in [5.41, 5.74) is 1.60. The van der Waals surface area contributed by atoms with Gasteiger partial charge in [-0.15, -0.1) is 0 Å². The highest BCUT2D eigenvalue weighted by Crippen LogP contribution is 2.28. The first-order valence-electron chi connectivity index (χ1n) is 10.0. The van der Waals surface area contributed by atoms with Gasteiger partial charge in [-0.25, -0.2) is 0 Å². The standard InChI is InChI=1S/C23H23Cl2N3O2/c1-15(23(29)27-17-4-2-16(24)3-5-17)28-12-9-18(10-13-28)30-19-6-7-22-20(14-19)21(25)8-11-26-22/h2-8,11,14-15,18H,9-10,12-13H2,1H3,(H,27,29). The number of nitrogens with zero attached hydrogens (tertiary/aromatic N) is 2. The second-order valence-corrected chi connectivity index (χ2v) is 8.34. The van der Waals surface area contributed by atoms with E-state index in [2.05, 4.69) is 15.2 Å². The summed E-state index contributed by atoms with van der Waals surface area (Å²) in [6, 6.07) is 14.5. The average molecular weight is 444 g/mol. The summed E-state index contributed by atoms with van der Waals surface area (Å²) in [6.45, 7) is 3.54. The number of carbonyl (C=O) groups excluding carboxylic acids is 1. The summed E-state index contributed by atoms with van der Waals surface area (Å²) >= 11 is 12.2. The van der Waals surface area contributed by atoms with Crippen LogP contribution in [0.5, 0.6) is 5.75 Å². The van der Waals surface area contributed by atoms with Crippen molar-refractivity contribution in [2.24, 2.45) is 0 Å². The van der Waals surface area contributed by atoms with Gasteiger partial charge >= 0.3 is 0 Å². The molecular weight excluding hydrogens is 421 g/mol. The first-order valence-corrected chi connectivity index (χ1v) is 10.8. The Morgan fingerprint density at radius 2 is 1.87 bits per heavy atom. The van der Waals surface area contributed by atoms with E-state index < -0.39 is 0 Å². The maximum Gasteiger partial charge on any atom is 0.241 e. The fourth-order valence-electron chi connectivity index (χ4n) is 3.68. The first kappa shape index (κ1) is 20.9. The first-order chi connectivity index (χ1) is 14.5. The van der Waals surface area contributed by atoms with Crippen LogP contribution in [0.2, 0.25) is 10.0 Å². The molecule has 0 saturated carbocycles. The summed E-state index contributed by atoms with van der Waals surface area (Å²) in [5.74, 6) is 0.776. The molecule has 3 aromatic rings. The number of carbonyl (C=O) groups is 1. The molecule has 0 aliphatic carbocycles. The fourth-order valence-corrected chi connectivity index (χ4v) is 4.02. The van der Waals surface area contributed by atoms with E-state index in [0.717, 1.165) is 48.3 Å². The minimum absolute atomic E-state index is 0.0200. The molecule has 156 valence electrons. The van der Waals surface area contributed by atoms with Crippen LogP contribution in [0, 0.1) is 0 Å². The number of aromatic nitrogens is 1. The lowest BCUT2D eigenvalue weighted by molar-refractivity contribution is -0.121. The molecule has 1 N–H and O–H groups in total. The number of ether oxygens (including phenoxy) is 1. The van der Waals surface area contributed by atoms with Crippen LogP contribution in [0.1, 0.15) is 19.8 Å². The lowest BCUT2D eigenvalue weighted by atomic mass is 10.1. The largest absolute Gasteiger partial charge is 0.490 e. The average Bonchev–Trinajstić information content (AvgIpc) is 2.76. The summed E-state index contributed by atoms with van der Waals surface area (Å²) < 4.78 is 6.19. The molecule has 1 aromatic heterocycles. The quantitative estimate of drug-likeness (QED) is 0.572. The topological polar surface area (TPSA) is 54.5 Å². The number of hydrogen-bond donors (Lipinski definition) is 1. The minimum Gasteiger partial charge on any atom is -0.490 e. The number of amides is 1. The van der Waals surface area contributed by atoms with Gasteiger partial charge in [-0.05, 0) is 68.3 Å². The van der Waals surface area contributed by atoms with Crippen molar-refractivity contribution >= 4 is 45.7 Å². The smallest absolute Gasteiger partial charge is 0.241 e. The molecular formula is C23H23Cl2N3O2. The van der Waals surface area contributed by atoms with Gasteiger partial charge in [0.25, 0.3) is 0 Å². The van der Waals surface area contributed by atoms with Crippen molar-refractivity contribution < 1.29 is 9.53 Å². The Morgan fingerprint density at radius 3 is 2.60 bits per heavy atom. The van der Waals surface area contributed by atoms with Gasteiger partial charge in [0, 0.05) is 35.4 Å². The van der Waals surface area contributed by atoms with Crippen LogP contribution in [0.3, 0.4) is 0 Å². The van der Waals surface area contributed by atoms with Crippen LogP contribution in [0.4, 0.5) is 5.69 Å². The molecule has 2 aromatic carbocycles. The predicted octanol–water partition coefficient (Wildman–Crippen LogP) is 5.41. The summed E-state index contributed by atoms with van der Waals surface area (Å²) in [7, 11) is 0. The minimum atomic E-state index is -0.216. The van der Waals surface area contributed by atoms with Crippen LogP contribution >= 0.6 is 23.2 Å². The second kappa shape index (κ2) is 9.21. The van der Waals surface area contributed by atoms with Crippen LogP contribution in [-0.2, 0) is 4.79 Å². The lowest BCUT2D eigenvalue weighted by Gasteiger charge is -2.35. The Balaban J connectivity index is 1.31. The molecule has 0 radical (unpaired) electrons. The van der Waals surface area contributed by atoms with Gasteiger partial charge in [-0.1, -0.05) is 23.2 Å². The lowest BCUT2D eigenvalue weighted by Crippen LogP contribution is -2.47. The monoisotopic (exact) mass is 443 g/mol. The normalized spacial score (nSPS) is 16.4. The number of halogens is 2. The molecule has 1 fully saturated rings. The van der Waals surface area contributed by atoms with Crippen LogP contribution in [0.25, 0.3) is 10.9 Å². The van der Waals surface area contributed by atoms with E-state index in [4.69, 9.17) is 27.9 Å². The van der Waals surface area contributed by atoms with Gasteiger partial charge in [0.05, 0.1) is 16.6 Å². The van der Waals surface area contributed by atoms with Gasteiger partial charge in [0.1, 0.15) is 11.9 Å². The maximum absolute atomic E-state index is 12.6. The molecule has 1 unspecified atom stereocenters. The Labute approximate surface area is 185 Å². The Morgan fingerprint density at radius 1 is 1.13 bits per heavy atom. The van der Waals surface area contributed by atoms with Gasteiger partial charge in [0.2, 0.25) is 5.91 Å². The predicted molar refractivity (Wildman–Crippen MR) is 122 cm³/mol. The zero-order valence-electron chi connectivity index (χ0n) is 16.6. The second-order valence-electron chi connectivity index (χ2n) is 7.50. The van der Waals surface area contributed by atoms with Crippen molar-refractivity contribution in [2.75, 3.05) is 18.4 Å². The van der Waals surface area contributed by atoms with E-state index in [-0.39, 0.29) is 18.1 Å². The molecule has 4 rings (SSSR count). The molecule has 0 spiro atoms. The number of benzene rings is 2. The van der Waals surface area contributed by atoms with Gasteiger partial charge in [0.15, 0.2) is 0 Å². The highest BCUT2D eigenvalue weighted by atomic mass is 35.5. The molecule has 1 amide bonds. The van der Waals surface area contributed by atoms with Crippen molar-refractivity contribution in [2.45, 2.75) is 31.9 Å². The molecule has 2 heterocycles. The number of nitrogens with one attached hydrogen (secondary N) is 1. The van der Waals surface area contributed by atoms with Crippen LogP contribution < -0.4 is 10.1 Å². The van der Waals surface area contributed by atoms with E-state index in [9.17, 15) is 4.79 Å². The number of fused-ring (bicyclic) bond motifs is 1. The summed E-state index contributed by atoms with van der Waals surface area (Å²) in [4.78, 5) is 19.1. The fraction of sp³-hybridized carbons (Fsp3) is 0.304. The molecule has 7 heteroatoms. The summed E-state index contributed by atoms with van der Waals surface area (Å²) in [6.07, 6.45) is 3.53. The van der Waals surface area contributed by atoms with E-state index in [1.807, 2.05) is 25.1 Å². The number of piperidine rings is 1. The van der Waals surface area contributed by atoms with Crippen molar-refractivity contribution in [3.8, 4) is 5.75 Å². The van der Waals surface area contributed by atoms with Crippen molar-refractivity contribution in [3.63, 3.8) is 0 Å². The van der Waals surface area contributed by atoms with Crippen molar-refractivity contribution in [3.05, 3.63) is 64.8 Å². The molecule has 5 nitrogen and oxygen atoms in total. The number of hydrogen-bond acceptors (Lipinski definition) is 4. The SMILES string of the molecule is CC(C(=O)Nc1ccc(Cl)cc1)N1CCC(Oc2ccc3nccc(Cl)c3c2)CC1. The zero-order valence-corrected chi connectivity index (χ0v) is 18.2. The van der Waals surface area contributed by atoms with Gasteiger partial charge in [-0.3, -0.25) is 14.7 Å². The third kappa shape index (κ3) is 4.86. The van der Waals surface area contributed by atoms with Gasteiger partial charge < -0.3 is 10.1 Å². The third-order valence-electron chi connectivity index (χ3n) is 5.48. The van der Waals surface area contributed by atoms with Crippen molar-refractivity contribution in [1.29, 1.82) is 0 Å². The number of likely N-dealkylation sites (tertiary alicyclic amines) is 1. The van der Waals surface area contributed by atoms with E-state index in [1.165, 1.54) is 0 Å². The Kier molecular flexibility index (Phi) is 6.42.